The van der Waals surface area contributed by atoms with E-state index in [1.54, 1.807) is 12.1 Å². The summed E-state index contributed by atoms with van der Waals surface area (Å²) in [5.74, 6) is 0.437. The maximum Gasteiger partial charge on any atom is 0.437 e. The highest BCUT2D eigenvalue weighted by Crippen LogP contribution is 2.56. The molecule has 0 fully saturated rings. The molecule has 3 aromatic rings. The van der Waals surface area contributed by atoms with Crippen LogP contribution in [0.25, 0.3) is 21.9 Å². The standard InChI is InChI=1S/C18H14Cl2NO4PS2/c1-2-3-6-28-26(22,23)25-15-5-4-10-17(12(15)9-21)24-16-8-14(20)13(19)7-11(16)18(10)27/h4-5,7-8H,2-3,6H2,1H3,(H,22,23). The smallest absolute Gasteiger partial charge is 0.437 e. The van der Waals surface area contributed by atoms with Crippen LogP contribution in [0.1, 0.15) is 25.3 Å². The summed E-state index contributed by atoms with van der Waals surface area (Å²) in [6.07, 6.45) is 1.68. The first-order valence-corrected chi connectivity index (χ1v) is 12.6. The zero-order valence-corrected chi connectivity index (χ0v) is 18.6. The zero-order valence-electron chi connectivity index (χ0n) is 14.6. The lowest BCUT2D eigenvalue weighted by Crippen LogP contribution is -1.94. The minimum Gasteiger partial charge on any atom is -0.454 e. The van der Waals surface area contributed by atoms with E-state index in [9.17, 15) is 14.7 Å². The maximum absolute atomic E-state index is 12.3. The molecule has 146 valence electrons. The van der Waals surface area contributed by atoms with Gasteiger partial charge in [0, 0.05) is 22.6 Å². The summed E-state index contributed by atoms with van der Waals surface area (Å²) in [6, 6.07) is 8.14. The second-order valence-corrected chi connectivity index (χ2v) is 11.0. The van der Waals surface area contributed by atoms with Gasteiger partial charge < -0.3 is 13.8 Å². The second-order valence-electron chi connectivity index (χ2n) is 5.87. The first-order valence-electron chi connectivity index (χ1n) is 8.23. The van der Waals surface area contributed by atoms with Crippen LogP contribution in [0.15, 0.2) is 28.7 Å². The van der Waals surface area contributed by atoms with Gasteiger partial charge in [-0.05, 0) is 36.0 Å². The Bertz CT molecular complexity index is 1220. The van der Waals surface area contributed by atoms with E-state index in [1.807, 2.05) is 13.0 Å². The van der Waals surface area contributed by atoms with Crippen LogP contribution in [0.4, 0.5) is 0 Å². The molecule has 0 saturated heterocycles. The van der Waals surface area contributed by atoms with Crippen LogP contribution >= 0.6 is 53.6 Å². The number of hydrogen-bond acceptors (Lipinski definition) is 6. The van der Waals surface area contributed by atoms with Gasteiger partial charge in [-0.2, -0.15) is 5.26 Å². The largest absolute Gasteiger partial charge is 0.454 e. The number of fused-ring (bicyclic) bond motifs is 2. The number of nitrogens with zero attached hydrogens (tertiary/aromatic N) is 1. The van der Waals surface area contributed by atoms with Crippen LogP contribution in [-0.2, 0) is 4.57 Å². The fourth-order valence-corrected chi connectivity index (χ4v) is 5.77. The molecule has 0 spiro atoms. The van der Waals surface area contributed by atoms with E-state index >= 15 is 0 Å². The molecule has 1 heterocycles. The quantitative estimate of drug-likeness (QED) is 0.171. The van der Waals surface area contributed by atoms with E-state index in [2.05, 4.69) is 0 Å². The molecule has 0 aliphatic carbocycles. The molecule has 5 nitrogen and oxygen atoms in total. The summed E-state index contributed by atoms with van der Waals surface area (Å²) in [5, 5.41) is 11.3. The Morgan fingerprint density at radius 2 is 2.04 bits per heavy atom. The predicted octanol–water partition coefficient (Wildman–Crippen LogP) is 7.51. The van der Waals surface area contributed by atoms with Gasteiger partial charge in [0.05, 0.1) is 14.6 Å². The second kappa shape index (κ2) is 8.62. The van der Waals surface area contributed by atoms with E-state index in [0.717, 1.165) is 24.2 Å². The van der Waals surface area contributed by atoms with E-state index in [1.165, 1.54) is 12.1 Å². The van der Waals surface area contributed by atoms with Crippen molar-refractivity contribution in [1.29, 1.82) is 5.26 Å². The SMILES string of the molecule is CCCCSP(=O)(O)Oc1ccc2c(=S)c3cc(Cl)c(Cl)cc3oc2c1C#N. The third-order valence-corrected chi connectivity index (χ3v) is 8.06. The third kappa shape index (κ3) is 4.33. The number of hydrogen-bond donors (Lipinski definition) is 1. The van der Waals surface area contributed by atoms with Crippen LogP contribution in [0.5, 0.6) is 5.75 Å². The molecule has 0 radical (unpaired) electrons. The van der Waals surface area contributed by atoms with Crippen molar-refractivity contribution in [2.24, 2.45) is 0 Å². The van der Waals surface area contributed by atoms with Crippen molar-refractivity contribution in [2.75, 3.05) is 5.75 Å². The predicted molar refractivity (Wildman–Crippen MR) is 117 cm³/mol. The Morgan fingerprint density at radius 1 is 1.32 bits per heavy atom. The van der Waals surface area contributed by atoms with Gasteiger partial charge in [-0.1, -0.05) is 48.8 Å². The monoisotopic (exact) mass is 473 g/mol. The average Bonchev–Trinajstić information content (AvgIpc) is 2.63. The number of rotatable bonds is 6. The fraction of sp³-hybridized carbons (Fsp3) is 0.222. The van der Waals surface area contributed by atoms with Crippen LogP contribution < -0.4 is 4.52 Å². The van der Waals surface area contributed by atoms with Crippen LogP contribution in [0.3, 0.4) is 0 Å². The minimum absolute atomic E-state index is 0.0121. The van der Waals surface area contributed by atoms with Crippen molar-refractivity contribution in [3.63, 3.8) is 0 Å². The van der Waals surface area contributed by atoms with Crippen molar-refractivity contribution < 1.29 is 18.4 Å². The molecule has 1 aromatic heterocycles. The van der Waals surface area contributed by atoms with Crippen LogP contribution in [0.2, 0.25) is 10.0 Å². The van der Waals surface area contributed by atoms with Gasteiger partial charge in [-0.3, -0.25) is 0 Å². The van der Waals surface area contributed by atoms with Gasteiger partial charge in [0.1, 0.15) is 17.2 Å². The molecule has 28 heavy (non-hydrogen) atoms. The highest BCUT2D eigenvalue weighted by Gasteiger charge is 2.25. The Labute approximate surface area is 180 Å². The molecular formula is C18H14Cl2NO4PS2. The normalized spacial score (nSPS) is 13.4. The highest BCUT2D eigenvalue weighted by atomic mass is 35.5. The lowest BCUT2D eigenvalue weighted by atomic mass is 10.1. The number of unbranched alkanes of at least 4 members (excludes halogenated alkanes) is 1. The van der Waals surface area contributed by atoms with Gasteiger partial charge in [0.15, 0.2) is 11.3 Å². The van der Waals surface area contributed by atoms with E-state index < -0.39 is 6.80 Å². The Kier molecular flexibility index (Phi) is 6.61. The first-order chi connectivity index (χ1) is 13.3. The summed E-state index contributed by atoms with van der Waals surface area (Å²) < 4.78 is 23.9. The summed E-state index contributed by atoms with van der Waals surface area (Å²) in [7, 11) is 0. The lowest BCUT2D eigenvalue weighted by molar-refractivity contribution is 0.402. The van der Waals surface area contributed by atoms with E-state index in [4.69, 9.17) is 44.4 Å². The van der Waals surface area contributed by atoms with Gasteiger partial charge in [0.2, 0.25) is 0 Å². The summed E-state index contributed by atoms with van der Waals surface area (Å²) in [5.41, 5.74) is 0.501. The van der Waals surface area contributed by atoms with Crippen molar-refractivity contribution in [3.05, 3.63) is 44.4 Å². The van der Waals surface area contributed by atoms with Crippen molar-refractivity contribution in [3.8, 4) is 11.8 Å². The van der Waals surface area contributed by atoms with E-state index in [0.29, 0.717) is 31.6 Å². The summed E-state index contributed by atoms with van der Waals surface area (Å²) >= 11 is 18.5. The van der Waals surface area contributed by atoms with Crippen LogP contribution in [0, 0.1) is 15.8 Å². The molecule has 1 N–H and O–H groups in total. The Hall–Kier alpha value is -1.26. The van der Waals surface area contributed by atoms with Gasteiger partial charge in [-0.15, -0.1) is 0 Å². The average molecular weight is 474 g/mol. The topological polar surface area (TPSA) is 83.5 Å². The highest BCUT2D eigenvalue weighted by molar-refractivity contribution is 8.54. The zero-order chi connectivity index (χ0) is 20.5. The Balaban J connectivity index is 2.16. The Morgan fingerprint density at radius 3 is 2.71 bits per heavy atom. The fourth-order valence-electron chi connectivity index (χ4n) is 2.55. The van der Waals surface area contributed by atoms with Crippen LogP contribution in [-0.4, -0.2) is 10.6 Å². The molecule has 1 atom stereocenters. The number of nitriles is 1. The molecular weight excluding hydrogens is 460 g/mol. The lowest BCUT2D eigenvalue weighted by Gasteiger charge is -2.14. The van der Waals surface area contributed by atoms with E-state index in [-0.39, 0.29) is 21.9 Å². The molecule has 1 unspecified atom stereocenters. The molecule has 2 aromatic carbocycles. The van der Waals surface area contributed by atoms with Gasteiger partial charge >= 0.3 is 6.80 Å². The maximum atomic E-state index is 12.3. The number of halogens is 2. The molecule has 0 amide bonds. The molecule has 0 bridgehead atoms. The summed E-state index contributed by atoms with van der Waals surface area (Å²) in [6.45, 7) is -1.99. The molecule has 0 aliphatic heterocycles. The van der Waals surface area contributed by atoms with Gasteiger partial charge in [0.25, 0.3) is 0 Å². The minimum atomic E-state index is -3.98. The molecule has 10 heteroatoms. The van der Waals surface area contributed by atoms with Crippen molar-refractivity contribution in [1.82, 2.24) is 0 Å². The van der Waals surface area contributed by atoms with Crippen molar-refractivity contribution in [2.45, 2.75) is 19.8 Å². The third-order valence-electron chi connectivity index (χ3n) is 3.92. The summed E-state index contributed by atoms with van der Waals surface area (Å²) in [4.78, 5) is 10.1. The first kappa shape index (κ1) is 21.4. The number of benzene rings is 2. The van der Waals surface area contributed by atoms with Gasteiger partial charge in [-0.25, -0.2) is 4.57 Å². The molecule has 0 saturated carbocycles. The molecule has 3 rings (SSSR count). The van der Waals surface area contributed by atoms with Crippen molar-refractivity contribution >= 4 is 75.5 Å². The molecule has 0 aliphatic rings.